The summed E-state index contributed by atoms with van der Waals surface area (Å²) >= 11 is 1.27. The summed E-state index contributed by atoms with van der Waals surface area (Å²) < 4.78 is 40.7. The van der Waals surface area contributed by atoms with Crippen molar-refractivity contribution in [3.63, 3.8) is 0 Å². The molecule has 5 nitrogen and oxygen atoms in total. The first-order chi connectivity index (χ1) is 10.8. The van der Waals surface area contributed by atoms with E-state index in [9.17, 15) is 17.6 Å². The van der Waals surface area contributed by atoms with Crippen LogP contribution < -0.4 is 10.0 Å². The minimum absolute atomic E-state index is 0.0564. The Balaban J connectivity index is 1.90. The summed E-state index contributed by atoms with van der Waals surface area (Å²) in [6, 6.07) is 8.59. The summed E-state index contributed by atoms with van der Waals surface area (Å²) in [5, 5.41) is 2.68. The van der Waals surface area contributed by atoms with Crippen molar-refractivity contribution in [1.82, 2.24) is 0 Å². The number of carbonyl (C=O) groups is 1. The summed E-state index contributed by atoms with van der Waals surface area (Å²) in [7, 11) is -3.83. The summed E-state index contributed by atoms with van der Waals surface area (Å²) in [6.45, 7) is 1.60. The lowest BCUT2D eigenvalue weighted by atomic mass is 10.2. The minimum Gasteiger partial charge on any atom is -0.324 e. The normalized spacial score (nSPS) is 14.1. The molecule has 2 aromatic carbocycles. The number of amides is 1. The monoisotopic (exact) mass is 352 g/mol. The fourth-order valence-electron chi connectivity index (χ4n) is 2.09. The number of sulfonamides is 1. The lowest BCUT2D eigenvalue weighted by molar-refractivity contribution is -0.113. The average molecular weight is 352 g/mol. The number of benzene rings is 2. The van der Waals surface area contributed by atoms with E-state index in [4.69, 9.17) is 0 Å². The number of hydrogen-bond donors (Lipinski definition) is 2. The van der Waals surface area contributed by atoms with Crippen LogP contribution in [0.5, 0.6) is 0 Å². The second kappa shape index (κ2) is 5.86. The Kier molecular flexibility index (Phi) is 4.03. The van der Waals surface area contributed by atoms with Crippen molar-refractivity contribution in [3.8, 4) is 0 Å². The maximum Gasteiger partial charge on any atom is 0.261 e. The molecule has 8 heteroatoms. The molecule has 23 heavy (non-hydrogen) atoms. The highest BCUT2D eigenvalue weighted by atomic mass is 32.2. The van der Waals surface area contributed by atoms with E-state index in [2.05, 4.69) is 10.0 Å². The zero-order chi connectivity index (χ0) is 16.6. The minimum atomic E-state index is -3.83. The number of halogens is 1. The lowest BCUT2D eigenvalue weighted by Gasteiger charge is -2.17. The molecule has 2 N–H and O–H groups in total. The molecule has 2 aromatic rings. The maximum absolute atomic E-state index is 13.5. The van der Waals surface area contributed by atoms with Crippen molar-refractivity contribution in [1.29, 1.82) is 0 Å². The molecule has 0 fully saturated rings. The number of nitrogens with one attached hydrogen (secondary N) is 2. The smallest absolute Gasteiger partial charge is 0.261 e. The van der Waals surface area contributed by atoms with Crippen molar-refractivity contribution in [3.05, 3.63) is 47.8 Å². The van der Waals surface area contributed by atoms with Crippen molar-refractivity contribution in [2.75, 3.05) is 15.8 Å². The van der Waals surface area contributed by atoms with Crippen LogP contribution in [-0.2, 0) is 14.8 Å². The van der Waals surface area contributed by atoms with Gasteiger partial charge in [-0.1, -0.05) is 6.07 Å². The zero-order valence-corrected chi connectivity index (χ0v) is 13.7. The van der Waals surface area contributed by atoms with Gasteiger partial charge >= 0.3 is 0 Å². The number of fused-ring (bicyclic) bond motifs is 1. The number of carbonyl (C=O) groups excluding carboxylic acids is 1. The van der Waals surface area contributed by atoms with Crippen LogP contribution in [0.1, 0.15) is 5.56 Å². The molecule has 0 atom stereocenters. The van der Waals surface area contributed by atoms with Gasteiger partial charge in [-0.2, -0.15) is 0 Å². The number of thioether (sulfide) groups is 1. The van der Waals surface area contributed by atoms with Gasteiger partial charge in [0.25, 0.3) is 10.0 Å². The molecule has 0 spiro atoms. The van der Waals surface area contributed by atoms with Gasteiger partial charge in [0.15, 0.2) is 0 Å². The first-order valence-corrected chi connectivity index (χ1v) is 9.18. The van der Waals surface area contributed by atoms with Crippen molar-refractivity contribution in [2.24, 2.45) is 0 Å². The Morgan fingerprint density at radius 2 is 2.00 bits per heavy atom. The van der Waals surface area contributed by atoms with E-state index < -0.39 is 15.8 Å². The van der Waals surface area contributed by atoms with Crippen LogP contribution in [0, 0.1) is 12.7 Å². The highest BCUT2D eigenvalue weighted by Crippen LogP contribution is 2.33. The average Bonchev–Trinajstić information content (AvgIpc) is 2.50. The van der Waals surface area contributed by atoms with E-state index in [0.717, 1.165) is 6.07 Å². The Bertz CT molecular complexity index is 898. The third-order valence-corrected chi connectivity index (χ3v) is 5.75. The molecule has 1 heterocycles. The molecule has 0 aliphatic carbocycles. The Hall–Kier alpha value is -2.06. The quantitative estimate of drug-likeness (QED) is 0.890. The van der Waals surface area contributed by atoms with Gasteiger partial charge in [0.2, 0.25) is 5.91 Å². The molecule has 0 saturated carbocycles. The predicted molar refractivity (Wildman–Crippen MR) is 87.7 cm³/mol. The molecule has 3 rings (SSSR count). The SMILES string of the molecule is Cc1ccc(NS(=O)(=O)c2ccc3c(c2)SCC(=O)N3)cc1F. The van der Waals surface area contributed by atoms with Crippen molar-refractivity contribution < 1.29 is 17.6 Å². The number of hydrogen-bond acceptors (Lipinski definition) is 4. The van der Waals surface area contributed by atoms with Gasteiger partial charge in [-0.3, -0.25) is 9.52 Å². The van der Waals surface area contributed by atoms with Gasteiger partial charge in [0, 0.05) is 4.90 Å². The maximum atomic E-state index is 13.5. The molecule has 120 valence electrons. The lowest BCUT2D eigenvalue weighted by Crippen LogP contribution is -2.19. The third-order valence-electron chi connectivity index (χ3n) is 3.32. The van der Waals surface area contributed by atoms with E-state index in [1.165, 1.54) is 36.0 Å². The highest BCUT2D eigenvalue weighted by molar-refractivity contribution is 8.00. The molecule has 1 aliphatic heterocycles. The van der Waals surface area contributed by atoms with Crippen LogP contribution in [0.3, 0.4) is 0 Å². The first-order valence-electron chi connectivity index (χ1n) is 6.71. The molecular weight excluding hydrogens is 339 g/mol. The standard InChI is InChI=1S/C15H13FN2O3S2/c1-9-2-3-10(6-12(9)16)18-23(20,21)11-4-5-13-14(7-11)22-8-15(19)17-13/h2-7,18H,8H2,1H3,(H,17,19). The summed E-state index contributed by atoms with van der Waals surface area (Å²) in [6.07, 6.45) is 0. The number of aryl methyl sites for hydroxylation is 1. The van der Waals surface area contributed by atoms with Gasteiger partial charge in [0.05, 0.1) is 22.0 Å². The molecule has 0 unspecified atom stereocenters. The number of anilines is 2. The fraction of sp³-hybridized carbons (Fsp3) is 0.133. The molecule has 0 radical (unpaired) electrons. The van der Waals surface area contributed by atoms with E-state index in [1.54, 1.807) is 13.0 Å². The molecule has 0 bridgehead atoms. The topological polar surface area (TPSA) is 75.3 Å². The number of rotatable bonds is 3. The summed E-state index contributed by atoms with van der Waals surface area (Å²) in [4.78, 5) is 12.0. The van der Waals surface area contributed by atoms with E-state index in [0.29, 0.717) is 16.1 Å². The van der Waals surface area contributed by atoms with Crippen LogP contribution in [-0.4, -0.2) is 20.1 Å². The molecular formula is C15H13FN2O3S2. The zero-order valence-electron chi connectivity index (χ0n) is 12.1. The van der Waals surface area contributed by atoms with E-state index >= 15 is 0 Å². The Labute approximate surface area is 137 Å². The summed E-state index contributed by atoms with van der Waals surface area (Å²) in [5.74, 6) is -0.354. The van der Waals surface area contributed by atoms with Crippen LogP contribution >= 0.6 is 11.8 Å². The van der Waals surface area contributed by atoms with Crippen molar-refractivity contribution in [2.45, 2.75) is 16.7 Å². The Morgan fingerprint density at radius 1 is 1.22 bits per heavy atom. The van der Waals surface area contributed by atoms with Crippen molar-refractivity contribution >= 4 is 39.1 Å². The molecule has 1 amide bonds. The molecule has 0 saturated heterocycles. The molecule has 1 aliphatic rings. The second-order valence-electron chi connectivity index (χ2n) is 5.06. The fourth-order valence-corrected chi connectivity index (χ4v) is 4.09. The second-order valence-corrected chi connectivity index (χ2v) is 7.76. The van der Waals surface area contributed by atoms with E-state index in [-0.39, 0.29) is 22.2 Å². The predicted octanol–water partition coefficient (Wildman–Crippen LogP) is 2.98. The van der Waals surface area contributed by atoms with Crippen LogP contribution in [0.15, 0.2) is 46.2 Å². The largest absolute Gasteiger partial charge is 0.324 e. The van der Waals surface area contributed by atoms with Gasteiger partial charge in [-0.05, 0) is 42.8 Å². The van der Waals surface area contributed by atoms with Gasteiger partial charge in [-0.15, -0.1) is 11.8 Å². The van der Waals surface area contributed by atoms with Crippen LogP contribution in [0.25, 0.3) is 0 Å². The first kappa shape index (κ1) is 15.8. The van der Waals surface area contributed by atoms with Gasteiger partial charge in [-0.25, -0.2) is 12.8 Å². The molecule has 0 aromatic heterocycles. The van der Waals surface area contributed by atoms with Crippen LogP contribution in [0.2, 0.25) is 0 Å². The van der Waals surface area contributed by atoms with Gasteiger partial charge in [0.1, 0.15) is 5.82 Å². The Morgan fingerprint density at radius 3 is 2.74 bits per heavy atom. The van der Waals surface area contributed by atoms with E-state index in [1.807, 2.05) is 0 Å². The van der Waals surface area contributed by atoms with Crippen LogP contribution in [0.4, 0.5) is 15.8 Å². The third kappa shape index (κ3) is 3.32. The highest BCUT2D eigenvalue weighted by Gasteiger charge is 2.20. The van der Waals surface area contributed by atoms with Gasteiger partial charge < -0.3 is 5.32 Å². The summed E-state index contributed by atoms with van der Waals surface area (Å²) in [5.41, 5.74) is 1.19.